The summed E-state index contributed by atoms with van der Waals surface area (Å²) in [6.07, 6.45) is 0. The van der Waals surface area contributed by atoms with Gasteiger partial charge in [0.05, 0.1) is 19.9 Å². The van der Waals surface area contributed by atoms with Gasteiger partial charge in [-0.15, -0.1) is 11.3 Å². The summed E-state index contributed by atoms with van der Waals surface area (Å²) in [5.41, 5.74) is 2.80. The van der Waals surface area contributed by atoms with Crippen LogP contribution in [0.15, 0.2) is 47.8 Å². The highest BCUT2D eigenvalue weighted by molar-refractivity contribution is 7.14. The first kappa shape index (κ1) is 15.6. The molecule has 0 fully saturated rings. The smallest absolute Gasteiger partial charge is 0.187 e. The van der Waals surface area contributed by atoms with Gasteiger partial charge < -0.3 is 14.8 Å². The Kier molecular flexibility index (Phi) is 4.69. The average molecular weight is 347 g/mol. The number of nitrogens with one attached hydrogen (secondary N) is 1. The third-order valence-corrected chi connectivity index (χ3v) is 4.29. The predicted molar refractivity (Wildman–Crippen MR) is 95.4 cm³/mol. The lowest BCUT2D eigenvalue weighted by Crippen LogP contribution is -1.91. The maximum atomic E-state index is 5.89. The van der Waals surface area contributed by atoms with Crippen LogP contribution in [-0.4, -0.2) is 19.2 Å². The molecule has 0 atom stereocenters. The van der Waals surface area contributed by atoms with Crippen molar-refractivity contribution in [2.45, 2.75) is 0 Å². The van der Waals surface area contributed by atoms with E-state index in [0.29, 0.717) is 16.5 Å². The maximum Gasteiger partial charge on any atom is 0.187 e. The molecule has 3 rings (SSSR count). The first-order valence-corrected chi connectivity index (χ1v) is 8.16. The van der Waals surface area contributed by atoms with Crippen molar-refractivity contribution in [3.8, 4) is 22.8 Å². The number of nitrogens with zero attached hydrogens (tertiary/aromatic N) is 1. The van der Waals surface area contributed by atoms with E-state index in [1.165, 1.54) is 11.3 Å². The number of hydrogen-bond donors (Lipinski definition) is 1. The van der Waals surface area contributed by atoms with Crippen molar-refractivity contribution in [2.75, 3.05) is 19.5 Å². The van der Waals surface area contributed by atoms with Gasteiger partial charge in [0.2, 0.25) is 0 Å². The van der Waals surface area contributed by atoms with Gasteiger partial charge in [0.15, 0.2) is 16.6 Å². The standard InChI is InChI=1S/C17H15ClN2O2S/c1-21-15-8-3-11(9-16(15)22-2)14-10-23-17(20-14)19-13-6-4-12(18)5-7-13/h3-10H,1-2H3,(H,19,20). The van der Waals surface area contributed by atoms with Gasteiger partial charge >= 0.3 is 0 Å². The molecule has 6 heteroatoms. The molecule has 1 N–H and O–H groups in total. The van der Waals surface area contributed by atoms with Crippen molar-refractivity contribution in [2.24, 2.45) is 0 Å². The first-order chi connectivity index (χ1) is 11.2. The molecule has 0 saturated heterocycles. The van der Waals surface area contributed by atoms with Crippen LogP contribution in [0.4, 0.5) is 10.8 Å². The van der Waals surface area contributed by atoms with Crippen molar-refractivity contribution in [1.29, 1.82) is 0 Å². The Morgan fingerprint density at radius 2 is 1.74 bits per heavy atom. The van der Waals surface area contributed by atoms with E-state index in [4.69, 9.17) is 21.1 Å². The van der Waals surface area contributed by atoms with Crippen LogP contribution in [0.1, 0.15) is 0 Å². The highest BCUT2D eigenvalue weighted by atomic mass is 35.5. The number of thiazole rings is 1. The third-order valence-electron chi connectivity index (χ3n) is 3.28. The van der Waals surface area contributed by atoms with E-state index in [1.807, 2.05) is 47.8 Å². The van der Waals surface area contributed by atoms with Crippen LogP contribution in [-0.2, 0) is 0 Å². The molecule has 23 heavy (non-hydrogen) atoms. The second-order valence-corrected chi connectivity index (χ2v) is 6.03. The molecule has 0 aliphatic heterocycles. The molecule has 0 aliphatic carbocycles. The third kappa shape index (κ3) is 3.57. The number of methoxy groups -OCH3 is 2. The van der Waals surface area contributed by atoms with Gasteiger partial charge in [0, 0.05) is 21.7 Å². The quantitative estimate of drug-likeness (QED) is 0.687. The zero-order valence-electron chi connectivity index (χ0n) is 12.7. The summed E-state index contributed by atoms with van der Waals surface area (Å²) >= 11 is 7.43. The molecule has 0 amide bonds. The summed E-state index contributed by atoms with van der Waals surface area (Å²) in [6.45, 7) is 0. The van der Waals surface area contributed by atoms with E-state index in [1.54, 1.807) is 14.2 Å². The summed E-state index contributed by atoms with van der Waals surface area (Å²) in [5.74, 6) is 1.39. The Bertz CT molecular complexity index is 803. The number of rotatable bonds is 5. The summed E-state index contributed by atoms with van der Waals surface area (Å²) in [6, 6.07) is 13.3. The predicted octanol–water partition coefficient (Wildman–Crippen LogP) is 5.22. The lowest BCUT2D eigenvalue weighted by Gasteiger charge is -2.08. The molecule has 0 radical (unpaired) electrons. The largest absolute Gasteiger partial charge is 0.493 e. The van der Waals surface area contributed by atoms with Crippen LogP contribution >= 0.6 is 22.9 Å². The highest BCUT2D eigenvalue weighted by Gasteiger charge is 2.09. The number of benzene rings is 2. The van der Waals surface area contributed by atoms with Crippen molar-refractivity contribution in [1.82, 2.24) is 4.98 Å². The Morgan fingerprint density at radius 3 is 2.43 bits per heavy atom. The van der Waals surface area contributed by atoms with Crippen LogP contribution in [0.25, 0.3) is 11.3 Å². The van der Waals surface area contributed by atoms with Crippen molar-refractivity contribution < 1.29 is 9.47 Å². The van der Waals surface area contributed by atoms with Gasteiger partial charge in [-0.3, -0.25) is 0 Å². The summed E-state index contributed by atoms with van der Waals surface area (Å²) < 4.78 is 10.6. The fourth-order valence-electron chi connectivity index (χ4n) is 2.12. The fourth-order valence-corrected chi connectivity index (χ4v) is 2.98. The number of anilines is 2. The molecule has 0 aliphatic rings. The lowest BCUT2D eigenvalue weighted by atomic mass is 10.1. The minimum Gasteiger partial charge on any atom is -0.493 e. The molecule has 3 aromatic rings. The van der Waals surface area contributed by atoms with Crippen molar-refractivity contribution in [3.05, 3.63) is 52.9 Å². The Balaban J connectivity index is 1.82. The number of hydrogen-bond acceptors (Lipinski definition) is 5. The number of halogens is 1. The zero-order chi connectivity index (χ0) is 16.2. The van der Waals surface area contributed by atoms with Gasteiger partial charge in [0.25, 0.3) is 0 Å². The molecule has 0 unspecified atom stereocenters. The number of aromatic nitrogens is 1. The molecular formula is C17H15ClN2O2S. The molecule has 118 valence electrons. The SMILES string of the molecule is COc1ccc(-c2csc(Nc3ccc(Cl)cc3)n2)cc1OC. The van der Waals surface area contributed by atoms with Crippen molar-refractivity contribution >= 4 is 33.8 Å². The fraction of sp³-hybridized carbons (Fsp3) is 0.118. The van der Waals surface area contributed by atoms with Gasteiger partial charge in [0.1, 0.15) is 0 Å². The Labute approximate surface area is 143 Å². The molecule has 2 aromatic carbocycles. The van der Waals surface area contributed by atoms with Crippen LogP contribution in [0.3, 0.4) is 0 Å². The molecule has 0 bridgehead atoms. The molecule has 1 heterocycles. The second kappa shape index (κ2) is 6.89. The molecule has 0 spiro atoms. The van der Waals surface area contributed by atoms with Crippen LogP contribution in [0.5, 0.6) is 11.5 Å². The molecule has 0 saturated carbocycles. The van der Waals surface area contributed by atoms with Crippen LogP contribution in [0.2, 0.25) is 5.02 Å². The van der Waals surface area contributed by atoms with E-state index in [9.17, 15) is 0 Å². The minimum absolute atomic E-state index is 0.685. The zero-order valence-corrected chi connectivity index (χ0v) is 14.2. The van der Waals surface area contributed by atoms with E-state index >= 15 is 0 Å². The van der Waals surface area contributed by atoms with E-state index < -0.39 is 0 Å². The summed E-state index contributed by atoms with van der Waals surface area (Å²) in [4.78, 5) is 4.61. The van der Waals surface area contributed by atoms with Gasteiger partial charge in [-0.25, -0.2) is 4.98 Å². The minimum atomic E-state index is 0.685. The highest BCUT2D eigenvalue weighted by Crippen LogP contribution is 2.34. The topological polar surface area (TPSA) is 43.4 Å². The first-order valence-electron chi connectivity index (χ1n) is 6.90. The van der Waals surface area contributed by atoms with E-state index in [-0.39, 0.29) is 0 Å². The summed E-state index contributed by atoms with van der Waals surface area (Å²) in [7, 11) is 3.24. The average Bonchev–Trinajstić information content (AvgIpc) is 3.05. The maximum absolute atomic E-state index is 5.89. The van der Waals surface area contributed by atoms with Crippen LogP contribution < -0.4 is 14.8 Å². The van der Waals surface area contributed by atoms with Crippen LogP contribution in [0, 0.1) is 0 Å². The normalized spacial score (nSPS) is 10.4. The van der Waals surface area contributed by atoms with Crippen molar-refractivity contribution in [3.63, 3.8) is 0 Å². The lowest BCUT2D eigenvalue weighted by molar-refractivity contribution is 0.355. The molecule has 4 nitrogen and oxygen atoms in total. The molecule has 1 aromatic heterocycles. The summed E-state index contributed by atoms with van der Waals surface area (Å²) in [5, 5.41) is 6.79. The second-order valence-electron chi connectivity index (χ2n) is 4.74. The van der Waals surface area contributed by atoms with Gasteiger partial charge in [-0.1, -0.05) is 11.6 Å². The number of ether oxygens (including phenoxy) is 2. The van der Waals surface area contributed by atoms with E-state index in [2.05, 4.69) is 10.3 Å². The molecular weight excluding hydrogens is 332 g/mol. The Hall–Kier alpha value is -2.24. The Morgan fingerprint density at radius 1 is 1.00 bits per heavy atom. The van der Waals surface area contributed by atoms with Gasteiger partial charge in [-0.05, 0) is 42.5 Å². The monoisotopic (exact) mass is 346 g/mol. The van der Waals surface area contributed by atoms with E-state index in [0.717, 1.165) is 22.1 Å². The van der Waals surface area contributed by atoms with Gasteiger partial charge in [-0.2, -0.15) is 0 Å².